The predicted molar refractivity (Wildman–Crippen MR) is 72.6 cm³/mol. The van der Waals surface area contributed by atoms with Gasteiger partial charge in [-0.3, -0.25) is 4.79 Å². The first-order chi connectivity index (χ1) is 10.1. The van der Waals surface area contributed by atoms with Gasteiger partial charge in [-0.25, -0.2) is 8.78 Å². The first-order valence-corrected chi connectivity index (χ1v) is 6.17. The van der Waals surface area contributed by atoms with Gasteiger partial charge in [0.05, 0.1) is 7.11 Å². The van der Waals surface area contributed by atoms with E-state index in [1.807, 2.05) is 0 Å². The number of ketones is 1. The average molecular weight is 288 g/mol. The molecule has 0 spiro atoms. The number of carbonyl (C=O) groups is 1. The van der Waals surface area contributed by atoms with Crippen molar-refractivity contribution >= 4 is 16.8 Å². The fraction of sp³-hybridized carbons (Fsp3) is 0.0625. The standard InChI is InChI=1S/C16H10F2O3/c1-20-12-7-3-5-10(17)14(12)15(19)13-8-9-4-2-6-11(18)16(9)21-13/h2-8H,1H3. The average Bonchev–Trinajstić information content (AvgIpc) is 2.92. The molecule has 5 heteroatoms. The Bertz CT molecular complexity index is 837. The van der Waals surface area contributed by atoms with Gasteiger partial charge in [0.1, 0.15) is 17.1 Å². The maximum atomic E-state index is 13.9. The van der Waals surface area contributed by atoms with Crippen LogP contribution in [0, 0.1) is 11.6 Å². The molecule has 1 heterocycles. The van der Waals surface area contributed by atoms with E-state index >= 15 is 0 Å². The van der Waals surface area contributed by atoms with Crippen LogP contribution in [0.1, 0.15) is 16.1 Å². The monoisotopic (exact) mass is 288 g/mol. The molecule has 3 rings (SSSR count). The molecule has 0 atom stereocenters. The van der Waals surface area contributed by atoms with Crippen LogP contribution in [0.25, 0.3) is 11.0 Å². The van der Waals surface area contributed by atoms with Crippen LogP contribution in [0.4, 0.5) is 8.78 Å². The third kappa shape index (κ3) is 2.16. The largest absolute Gasteiger partial charge is 0.496 e. The highest BCUT2D eigenvalue weighted by Gasteiger charge is 2.23. The molecule has 0 saturated heterocycles. The minimum Gasteiger partial charge on any atom is -0.496 e. The molecule has 0 saturated carbocycles. The van der Waals surface area contributed by atoms with Gasteiger partial charge >= 0.3 is 0 Å². The molecule has 0 aliphatic heterocycles. The van der Waals surface area contributed by atoms with Crippen molar-refractivity contribution in [2.75, 3.05) is 7.11 Å². The minimum atomic E-state index is -0.722. The number of benzene rings is 2. The third-order valence-electron chi connectivity index (χ3n) is 3.14. The number of carbonyl (C=O) groups excluding carboxylic acids is 1. The highest BCUT2D eigenvalue weighted by atomic mass is 19.1. The first kappa shape index (κ1) is 13.3. The zero-order chi connectivity index (χ0) is 15.0. The molecule has 0 unspecified atom stereocenters. The van der Waals surface area contributed by atoms with Crippen molar-refractivity contribution in [3.05, 3.63) is 65.4 Å². The van der Waals surface area contributed by atoms with Crippen LogP contribution >= 0.6 is 0 Å². The van der Waals surface area contributed by atoms with Gasteiger partial charge in [-0.2, -0.15) is 0 Å². The zero-order valence-electron chi connectivity index (χ0n) is 11.0. The van der Waals surface area contributed by atoms with Gasteiger partial charge in [0.25, 0.3) is 0 Å². The maximum absolute atomic E-state index is 13.9. The summed E-state index contributed by atoms with van der Waals surface area (Å²) in [6, 6.07) is 9.78. The number of para-hydroxylation sites is 1. The molecule has 0 radical (unpaired) electrons. The molecule has 1 aromatic heterocycles. The summed E-state index contributed by atoms with van der Waals surface area (Å²) in [7, 11) is 1.34. The third-order valence-corrected chi connectivity index (χ3v) is 3.14. The maximum Gasteiger partial charge on any atom is 0.234 e. The number of furan rings is 1. The molecule has 0 fully saturated rings. The van der Waals surface area contributed by atoms with Crippen LogP contribution in [-0.2, 0) is 0 Å². The molecule has 0 bridgehead atoms. The normalized spacial score (nSPS) is 10.8. The summed E-state index contributed by atoms with van der Waals surface area (Å²) in [5, 5.41) is 0.439. The van der Waals surface area contributed by atoms with Crippen LogP contribution < -0.4 is 4.74 Å². The molecule has 3 nitrogen and oxygen atoms in total. The first-order valence-electron chi connectivity index (χ1n) is 6.17. The second-order valence-corrected chi connectivity index (χ2v) is 4.42. The summed E-state index contributed by atoms with van der Waals surface area (Å²) in [6.07, 6.45) is 0. The summed E-state index contributed by atoms with van der Waals surface area (Å²) >= 11 is 0. The minimum absolute atomic E-state index is 0.0313. The van der Waals surface area contributed by atoms with Gasteiger partial charge in [-0.15, -0.1) is 0 Å². The molecule has 0 N–H and O–H groups in total. The topological polar surface area (TPSA) is 39.4 Å². The molecular formula is C16H10F2O3. The van der Waals surface area contributed by atoms with Gasteiger partial charge in [-0.1, -0.05) is 18.2 Å². The fourth-order valence-corrected chi connectivity index (χ4v) is 2.16. The second-order valence-electron chi connectivity index (χ2n) is 4.42. The zero-order valence-corrected chi connectivity index (χ0v) is 11.0. The van der Waals surface area contributed by atoms with Crippen LogP contribution in [0.2, 0.25) is 0 Å². The Kier molecular flexibility index (Phi) is 3.17. The Morgan fingerprint density at radius 3 is 2.52 bits per heavy atom. The Labute approximate surface area is 118 Å². The summed E-state index contributed by atoms with van der Waals surface area (Å²) in [5.41, 5.74) is -0.268. The molecule has 0 aliphatic rings. The number of ether oxygens (including phenoxy) is 1. The molecule has 0 amide bonds. The van der Waals surface area contributed by atoms with Gasteiger partial charge in [0.2, 0.25) is 5.78 Å². The van der Waals surface area contributed by atoms with Crippen molar-refractivity contribution < 1.29 is 22.7 Å². The van der Waals surface area contributed by atoms with Crippen LogP contribution in [0.15, 0.2) is 46.9 Å². The van der Waals surface area contributed by atoms with Gasteiger partial charge < -0.3 is 9.15 Å². The quantitative estimate of drug-likeness (QED) is 0.685. The second kappa shape index (κ2) is 5.01. The van der Waals surface area contributed by atoms with E-state index in [0.717, 1.165) is 6.07 Å². The van der Waals surface area contributed by atoms with Gasteiger partial charge in [-0.05, 0) is 24.3 Å². The lowest BCUT2D eigenvalue weighted by Gasteiger charge is -2.06. The number of methoxy groups -OCH3 is 1. The Hall–Kier alpha value is -2.69. The predicted octanol–water partition coefficient (Wildman–Crippen LogP) is 3.95. The lowest BCUT2D eigenvalue weighted by atomic mass is 10.1. The van der Waals surface area contributed by atoms with Crippen molar-refractivity contribution in [3.8, 4) is 5.75 Å². The van der Waals surface area contributed by atoms with Crippen LogP contribution in [-0.4, -0.2) is 12.9 Å². The van der Waals surface area contributed by atoms with E-state index in [4.69, 9.17) is 9.15 Å². The van der Waals surface area contributed by atoms with Crippen molar-refractivity contribution in [3.63, 3.8) is 0 Å². The molecule has 21 heavy (non-hydrogen) atoms. The van der Waals surface area contributed by atoms with E-state index < -0.39 is 17.4 Å². The highest BCUT2D eigenvalue weighted by molar-refractivity contribution is 6.10. The molecule has 106 valence electrons. The fourth-order valence-electron chi connectivity index (χ4n) is 2.16. The Morgan fingerprint density at radius 2 is 1.81 bits per heavy atom. The van der Waals surface area contributed by atoms with E-state index in [0.29, 0.717) is 5.39 Å². The Morgan fingerprint density at radius 1 is 1.10 bits per heavy atom. The number of hydrogen-bond acceptors (Lipinski definition) is 3. The van der Waals surface area contributed by atoms with Gasteiger partial charge in [0, 0.05) is 5.39 Å². The molecule has 2 aromatic carbocycles. The van der Waals surface area contributed by atoms with E-state index in [2.05, 4.69) is 0 Å². The summed E-state index contributed by atoms with van der Waals surface area (Å²) in [5.74, 6) is -2.03. The summed E-state index contributed by atoms with van der Waals surface area (Å²) in [6.45, 7) is 0. The molecule has 0 aliphatic carbocycles. The van der Waals surface area contributed by atoms with Crippen molar-refractivity contribution in [2.45, 2.75) is 0 Å². The van der Waals surface area contributed by atoms with Crippen molar-refractivity contribution in [1.29, 1.82) is 0 Å². The number of halogens is 2. The Balaban J connectivity index is 2.15. The van der Waals surface area contributed by atoms with Gasteiger partial charge in [0.15, 0.2) is 17.2 Å². The van der Waals surface area contributed by atoms with E-state index in [1.165, 1.54) is 37.4 Å². The van der Waals surface area contributed by atoms with E-state index in [9.17, 15) is 13.6 Å². The van der Waals surface area contributed by atoms with E-state index in [-0.39, 0.29) is 22.7 Å². The molecule has 3 aromatic rings. The smallest absolute Gasteiger partial charge is 0.234 e. The summed E-state index contributed by atoms with van der Waals surface area (Å²) in [4.78, 5) is 12.4. The van der Waals surface area contributed by atoms with Crippen molar-refractivity contribution in [2.24, 2.45) is 0 Å². The highest BCUT2D eigenvalue weighted by Crippen LogP contribution is 2.28. The number of hydrogen-bond donors (Lipinski definition) is 0. The lowest BCUT2D eigenvalue weighted by molar-refractivity contribution is 0.100. The number of fused-ring (bicyclic) bond motifs is 1. The lowest BCUT2D eigenvalue weighted by Crippen LogP contribution is -2.05. The van der Waals surface area contributed by atoms with E-state index in [1.54, 1.807) is 6.07 Å². The van der Waals surface area contributed by atoms with Crippen molar-refractivity contribution in [1.82, 2.24) is 0 Å². The van der Waals surface area contributed by atoms with Crippen LogP contribution in [0.3, 0.4) is 0 Å². The number of rotatable bonds is 3. The molecular weight excluding hydrogens is 278 g/mol. The van der Waals surface area contributed by atoms with Crippen LogP contribution in [0.5, 0.6) is 5.75 Å². The SMILES string of the molecule is COc1cccc(F)c1C(=O)c1cc2cccc(F)c2o1. The summed E-state index contributed by atoms with van der Waals surface area (Å²) < 4.78 is 37.7.